The van der Waals surface area contributed by atoms with Gasteiger partial charge in [-0.05, 0) is 30.9 Å². The Labute approximate surface area is 132 Å². The topological polar surface area (TPSA) is 16.1 Å². The lowest BCUT2D eigenvalue weighted by molar-refractivity contribution is 0.362. The van der Waals surface area contributed by atoms with Gasteiger partial charge in [-0.3, -0.25) is 4.98 Å². The Balaban J connectivity index is 1.90. The Hall–Kier alpha value is -1.28. The predicted octanol–water partition coefficient (Wildman–Crippen LogP) is 4.99. The highest BCUT2D eigenvalue weighted by atomic mass is 35.5. The normalized spacial score (nSPS) is 16.3. The SMILES string of the molecule is CN(CC1CCCCC1)c1cc(CCl)nc2ccccc12. The van der Waals surface area contributed by atoms with E-state index in [2.05, 4.69) is 41.2 Å². The number of anilines is 1. The fraction of sp³-hybridized carbons (Fsp3) is 0.500. The van der Waals surface area contributed by atoms with Crippen LogP contribution in [0.25, 0.3) is 10.9 Å². The largest absolute Gasteiger partial charge is 0.374 e. The van der Waals surface area contributed by atoms with Gasteiger partial charge in [0.2, 0.25) is 0 Å². The molecule has 21 heavy (non-hydrogen) atoms. The van der Waals surface area contributed by atoms with Crippen LogP contribution in [0.5, 0.6) is 0 Å². The monoisotopic (exact) mass is 302 g/mol. The molecule has 3 heteroatoms. The molecule has 0 N–H and O–H groups in total. The van der Waals surface area contributed by atoms with Gasteiger partial charge in [-0.2, -0.15) is 0 Å². The van der Waals surface area contributed by atoms with Crippen molar-refractivity contribution in [3.05, 3.63) is 36.0 Å². The lowest BCUT2D eigenvalue weighted by Gasteiger charge is -2.29. The third-order valence-corrected chi connectivity index (χ3v) is 4.83. The highest BCUT2D eigenvalue weighted by molar-refractivity contribution is 6.17. The third kappa shape index (κ3) is 3.32. The van der Waals surface area contributed by atoms with Crippen molar-refractivity contribution >= 4 is 28.2 Å². The molecule has 1 aliphatic carbocycles. The molecule has 0 aliphatic heterocycles. The van der Waals surface area contributed by atoms with E-state index in [0.717, 1.165) is 23.7 Å². The molecule has 0 spiro atoms. The maximum atomic E-state index is 6.01. The zero-order chi connectivity index (χ0) is 14.7. The molecule has 1 aliphatic rings. The summed E-state index contributed by atoms with van der Waals surface area (Å²) in [7, 11) is 2.20. The lowest BCUT2D eigenvalue weighted by atomic mass is 9.89. The van der Waals surface area contributed by atoms with E-state index in [4.69, 9.17) is 11.6 Å². The van der Waals surface area contributed by atoms with Gasteiger partial charge in [-0.25, -0.2) is 0 Å². The van der Waals surface area contributed by atoms with E-state index in [9.17, 15) is 0 Å². The summed E-state index contributed by atoms with van der Waals surface area (Å²) in [4.78, 5) is 7.02. The number of fused-ring (bicyclic) bond motifs is 1. The predicted molar refractivity (Wildman–Crippen MR) is 91.1 cm³/mol. The summed E-state index contributed by atoms with van der Waals surface area (Å²) in [6.45, 7) is 1.13. The van der Waals surface area contributed by atoms with Gasteiger partial charge in [-0.15, -0.1) is 11.6 Å². The number of para-hydroxylation sites is 1. The van der Waals surface area contributed by atoms with Crippen LogP contribution in [0.15, 0.2) is 30.3 Å². The Bertz CT molecular complexity index is 605. The van der Waals surface area contributed by atoms with Crippen LogP contribution in [-0.2, 0) is 5.88 Å². The van der Waals surface area contributed by atoms with Crippen molar-refractivity contribution in [2.75, 3.05) is 18.5 Å². The van der Waals surface area contributed by atoms with E-state index in [1.165, 1.54) is 43.2 Å². The smallest absolute Gasteiger partial charge is 0.0726 e. The molecular formula is C18H23ClN2. The maximum Gasteiger partial charge on any atom is 0.0726 e. The van der Waals surface area contributed by atoms with Crippen molar-refractivity contribution in [2.45, 2.75) is 38.0 Å². The highest BCUT2D eigenvalue weighted by Gasteiger charge is 2.17. The highest BCUT2D eigenvalue weighted by Crippen LogP contribution is 2.30. The van der Waals surface area contributed by atoms with Crippen molar-refractivity contribution < 1.29 is 0 Å². The van der Waals surface area contributed by atoms with Crippen LogP contribution < -0.4 is 4.90 Å². The van der Waals surface area contributed by atoms with E-state index < -0.39 is 0 Å². The molecule has 0 saturated heterocycles. The molecule has 1 aromatic carbocycles. The average Bonchev–Trinajstić information content (AvgIpc) is 2.54. The van der Waals surface area contributed by atoms with E-state index in [1.807, 2.05) is 6.07 Å². The summed E-state index contributed by atoms with van der Waals surface area (Å²) < 4.78 is 0. The summed E-state index contributed by atoms with van der Waals surface area (Å²) in [6.07, 6.45) is 6.94. The molecule has 0 bridgehead atoms. The Morgan fingerprint density at radius 2 is 1.95 bits per heavy atom. The van der Waals surface area contributed by atoms with Crippen molar-refractivity contribution in [3.8, 4) is 0 Å². The number of aromatic nitrogens is 1. The minimum atomic E-state index is 0.467. The molecule has 3 rings (SSSR count). The van der Waals surface area contributed by atoms with Crippen LogP contribution in [0, 0.1) is 5.92 Å². The first-order chi connectivity index (χ1) is 10.3. The van der Waals surface area contributed by atoms with Gasteiger partial charge >= 0.3 is 0 Å². The van der Waals surface area contributed by atoms with Gasteiger partial charge in [0.05, 0.1) is 17.1 Å². The molecule has 0 amide bonds. The summed E-state index contributed by atoms with van der Waals surface area (Å²) >= 11 is 6.01. The van der Waals surface area contributed by atoms with Crippen LogP contribution in [0.1, 0.15) is 37.8 Å². The number of hydrogen-bond acceptors (Lipinski definition) is 2. The van der Waals surface area contributed by atoms with Crippen molar-refractivity contribution in [1.82, 2.24) is 4.98 Å². The molecule has 2 aromatic rings. The summed E-state index contributed by atoms with van der Waals surface area (Å²) in [5.74, 6) is 1.30. The number of halogens is 1. The van der Waals surface area contributed by atoms with E-state index in [0.29, 0.717) is 5.88 Å². The molecule has 1 heterocycles. The fourth-order valence-corrected chi connectivity index (χ4v) is 3.59. The Morgan fingerprint density at radius 3 is 2.71 bits per heavy atom. The van der Waals surface area contributed by atoms with Crippen LogP contribution in [0.3, 0.4) is 0 Å². The average molecular weight is 303 g/mol. The Morgan fingerprint density at radius 1 is 1.19 bits per heavy atom. The minimum absolute atomic E-state index is 0.467. The van der Waals surface area contributed by atoms with Crippen LogP contribution >= 0.6 is 11.6 Å². The third-order valence-electron chi connectivity index (χ3n) is 4.55. The summed E-state index contributed by atoms with van der Waals surface area (Å²) in [5.41, 5.74) is 3.27. The lowest BCUT2D eigenvalue weighted by Crippen LogP contribution is -2.27. The number of rotatable bonds is 4. The van der Waals surface area contributed by atoms with Gasteiger partial charge in [0.1, 0.15) is 0 Å². The van der Waals surface area contributed by atoms with Crippen molar-refractivity contribution in [1.29, 1.82) is 0 Å². The van der Waals surface area contributed by atoms with E-state index in [1.54, 1.807) is 0 Å². The van der Waals surface area contributed by atoms with Gasteiger partial charge in [-0.1, -0.05) is 37.5 Å². The van der Waals surface area contributed by atoms with Gasteiger partial charge in [0, 0.05) is 24.7 Å². The number of benzene rings is 1. The molecule has 1 aromatic heterocycles. The van der Waals surface area contributed by atoms with Crippen molar-refractivity contribution in [2.24, 2.45) is 5.92 Å². The van der Waals surface area contributed by atoms with Crippen LogP contribution in [0.2, 0.25) is 0 Å². The standard InChI is InChI=1S/C18H23ClN2/c1-21(13-14-7-3-2-4-8-14)18-11-15(12-19)20-17-10-6-5-9-16(17)18/h5-6,9-11,14H,2-4,7-8,12-13H2,1H3. The first kappa shape index (κ1) is 14.6. The Kier molecular flexibility index (Phi) is 4.64. The molecule has 0 unspecified atom stereocenters. The molecule has 0 atom stereocenters. The van der Waals surface area contributed by atoms with Gasteiger partial charge < -0.3 is 4.90 Å². The summed E-state index contributed by atoms with van der Waals surface area (Å²) in [6, 6.07) is 10.5. The number of pyridine rings is 1. The molecule has 1 fully saturated rings. The maximum absolute atomic E-state index is 6.01. The zero-order valence-corrected chi connectivity index (χ0v) is 13.4. The quantitative estimate of drug-likeness (QED) is 0.740. The fourth-order valence-electron chi connectivity index (χ4n) is 3.45. The minimum Gasteiger partial charge on any atom is -0.374 e. The van der Waals surface area contributed by atoms with Gasteiger partial charge in [0.25, 0.3) is 0 Å². The molecule has 0 radical (unpaired) electrons. The van der Waals surface area contributed by atoms with E-state index in [-0.39, 0.29) is 0 Å². The van der Waals surface area contributed by atoms with Crippen LogP contribution in [0.4, 0.5) is 5.69 Å². The van der Waals surface area contributed by atoms with Crippen LogP contribution in [-0.4, -0.2) is 18.6 Å². The zero-order valence-electron chi connectivity index (χ0n) is 12.7. The van der Waals surface area contributed by atoms with E-state index >= 15 is 0 Å². The second-order valence-electron chi connectivity index (χ2n) is 6.17. The first-order valence-corrected chi connectivity index (χ1v) is 8.47. The number of nitrogens with zero attached hydrogens (tertiary/aromatic N) is 2. The molecule has 1 saturated carbocycles. The first-order valence-electron chi connectivity index (χ1n) is 7.93. The second-order valence-corrected chi connectivity index (χ2v) is 6.44. The molecule has 2 nitrogen and oxygen atoms in total. The molecule has 112 valence electrons. The van der Waals surface area contributed by atoms with Crippen molar-refractivity contribution in [3.63, 3.8) is 0 Å². The number of hydrogen-bond donors (Lipinski definition) is 0. The van der Waals surface area contributed by atoms with Gasteiger partial charge in [0.15, 0.2) is 0 Å². The summed E-state index contributed by atoms with van der Waals surface area (Å²) in [5, 5.41) is 1.23. The molecular weight excluding hydrogens is 280 g/mol. The second kappa shape index (κ2) is 6.65. The number of alkyl halides is 1.